The van der Waals surface area contributed by atoms with Crippen LogP contribution in [-0.2, 0) is 0 Å². The Morgan fingerprint density at radius 3 is 2.87 bits per heavy atom. The highest BCUT2D eigenvalue weighted by Gasteiger charge is 2.14. The molecule has 0 saturated carbocycles. The largest absolute Gasteiger partial charge is 0.351 e. The molecule has 3 rings (SSSR count). The number of aromatic nitrogens is 2. The Morgan fingerprint density at radius 1 is 1.30 bits per heavy atom. The second-order valence-corrected chi connectivity index (χ2v) is 5.74. The number of carbonyl (C=O) groups excluding carboxylic acids is 1. The van der Waals surface area contributed by atoms with Gasteiger partial charge in [-0.15, -0.1) is 12.4 Å². The van der Waals surface area contributed by atoms with Crippen molar-refractivity contribution < 1.29 is 4.79 Å². The molecule has 1 aliphatic rings. The topological polar surface area (TPSA) is 59.0 Å². The molecular weight excluding hydrogens is 312 g/mol. The quantitative estimate of drug-likeness (QED) is 0.882. The molecule has 1 aromatic heterocycles. The highest BCUT2D eigenvalue weighted by molar-refractivity contribution is 5.92. The van der Waals surface area contributed by atoms with E-state index in [9.17, 15) is 4.79 Å². The predicted octanol–water partition coefficient (Wildman–Crippen LogP) is 2.41. The van der Waals surface area contributed by atoms with Crippen molar-refractivity contribution in [1.82, 2.24) is 20.4 Å². The molecule has 0 aliphatic carbocycles. The van der Waals surface area contributed by atoms with Gasteiger partial charge in [0, 0.05) is 12.7 Å². The molecule has 1 aromatic carbocycles. The number of amides is 1. The molecule has 2 aromatic rings. The number of nitrogens with one attached hydrogen (secondary N) is 2. The molecule has 1 unspecified atom stereocenters. The molecule has 0 bridgehead atoms. The molecule has 1 atom stereocenters. The number of halogens is 1. The first kappa shape index (κ1) is 17.5. The van der Waals surface area contributed by atoms with Crippen LogP contribution in [0.2, 0.25) is 0 Å². The van der Waals surface area contributed by atoms with Crippen molar-refractivity contribution in [3.63, 3.8) is 0 Å². The summed E-state index contributed by atoms with van der Waals surface area (Å²) >= 11 is 0. The van der Waals surface area contributed by atoms with E-state index in [0.717, 1.165) is 25.2 Å². The van der Waals surface area contributed by atoms with Gasteiger partial charge in [-0.2, -0.15) is 5.10 Å². The monoisotopic (exact) mass is 334 g/mol. The van der Waals surface area contributed by atoms with Crippen LogP contribution in [-0.4, -0.2) is 35.3 Å². The number of nitrogens with zero attached hydrogens (tertiary/aromatic N) is 2. The Hall–Kier alpha value is -1.85. The minimum atomic E-state index is -0.0987. The Morgan fingerprint density at radius 2 is 2.13 bits per heavy atom. The Balaban J connectivity index is 0.00000192. The smallest absolute Gasteiger partial charge is 0.271 e. The van der Waals surface area contributed by atoms with E-state index in [1.54, 1.807) is 10.7 Å². The van der Waals surface area contributed by atoms with E-state index in [0.29, 0.717) is 18.2 Å². The summed E-state index contributed by atoms with van der Waals surface area (Å²) in [6.07, 6.45) is 5.33. The van der Waals surface area contributed by atoms with Gasteiger partial charge in [0.05, 0.1) is 5.69 Å². The van der Waals surface area contributed by atoms with Gasteiger partial charge in [-0.3, -0.25) is 4.79 Å². The molecule has 5 nitrogen and oxygen atoms in total. The van der Waals surface area contributed by atoms with Gasteiger partial charge in [-0.25, -0.2) is 4.68 Å². The zero-order valence-electron chi connectivity index (χ0n) is 13.1. The zero-order chi connectivity index (χ0) is 15.2. The Kier molecular flexibility index (Phi) is 6.62. The molecule has 6 heteroatoms. The second-order valence-electron chi connectivity index (χ2n) is 5.74. The highest BCUT2D eigenvalue weighted by Crippen LogP contribution is 2.13. The van der Waals surface area contributed by atoms with Crippen molar-refractivity contribution in [3.8, 4) is 5.69 Å². The zero-order valence-corrected chi connectivity index (χ0v) is 13.9. The van der Waals surface area contributed by atoms with Crippen LogP contribution in [0.25, 0.3) is 5.69 Å². The number of para-hydroxylation sites is 1. The first-order chi connectivity index (χ1) is 10.8. The summed E-state index contributed by atoms with van der Waals surface area (Å²) < 4.78 is 1.72. The Bertz CT molecular complexity index is 608. The molecule has 1 saturated heterocycles. The molecule has 124 valence electrons. The molecule has 1 amide bonds. The summed E-state index contributed by atoms with van der Waals surface area (Å²) in [4.78, 5) is 12.1. The number of hydrogen-bond acceptors (Lipinski definition) is 3. The van der Waals surface area contributed by atoms with E-state index < -0.39 is 0 Å². The van der Waals surface area contributed by atoms with Gasteiger partial charge >= 0.3 is 0 Å². The van der Waals surface area contributed by atoms with Gasteiger partial charge in [0.1, 0.15) is 0 Å². The van der Waals surface area contributed by atoms with Crippen LogP contribution in [0.5, 0.6) is 0 Å². The summed E-state index contributed by atoms with van der Waals surface area (Å²) in [6, 6.07) is 11.5. The van der Waals surface area contributed by atoms with Crippen molar-refractivity contribution in [3.05, 3.63) is 48.3 Å². The molecule has 0 radical (unpaired) electrons. The fourth-order valence-corrected chi connectivity index (χ4v) is 2.82. The third kappa shape index (κ3) is 4.81. The van der Waals surface area contributed by atoms with E-state index in [2.05, 4.69) is 15.7 Å². The van der Waals surface area contributed by atoms with Crippen molar-refractivity contribution >= 4 is 18.3 Å². The first-order valence-electron chi connectivity index (χ1n) is 7.93. The van der Waals surface area contributed by atoms with Gasteiger partial charge in [-0.05, 0) is 56.5 Å². The summed E-state index contributed by atoms with van der Waals surface area (Å²) in [5.74, 6) is 0.578. The van der Waals surface area contributed by atoms with Crippen LogP contribution in [0.3, 0.4) is 0 Å². The first-order valence-corrected chi connectivity index (χ1v) is 7.93. The number of hydrogen-bond donors (Lipinski definition) is 2. The van der Waals surface area contributed by atoms with E-state index in [1.807, 2.05) is 36.5 Å². The molecule has 0 spiro atoms. The predicted molar refractivity (Wildman–Crippen MR) is 93.4 cm³/mol. The second kappa shape index (κ2) is 8.70. The van der Waals surface area contributed by atoms with Crippen molar-refractivity contribution in [2.75, 3.05) is 19.6 Å². The fourth-order valence-electron chi connectivity index (χ4n) is 2.82. The summed E-state index contributed by atoms with van der Waals surface area (Å²) in [6.45, 7) is 2.90. The lowest BCUT2D eigenvalue weighted by atomic mass is 9.96. The minimum absolute atomic E-state index is 0. The molecular formula is C17H23ClN4O. The lowest BCUT2D eigenvalue weighted by Gasteiger charge is -2.22. The van der Waals surface area contributed by atoms with Crippen LogP contribution < -0.4 is 10.6 Å². The van der Waals surface area contributed by atoms with E-state index in [-0.39, 0.29) is 18.3 Å². The van der Waals surface area contributed by atoms with Crippen LogP contribution in [0.4, 0.5) is 0 Å². The molecule has 1 fully saturated rings. The Labute approximate surface area is 142 Å². The van der Waals surface area contributed by atoms with Crippen LogP contribution in [0.15, 0.2) is 42.6 Å². The summed E-state index contributed by atoms with van der Waals surface area (Å²) in [5, 5.41) is 10.7. The SMILES string of the molecule is Cl.O=C(NCCC1CCCNC1)c1ccn(-c2ccccc2)n1. The van der Waals surface area contributed by atoms with Gasteiger partial charge in [0.25, 0.3) is 5.91 Å². The van der Waals surface area contributed by atoms with E-state index >= 15 is 0 Å². The van der Waals surface area contributed by atoms with Crippen LogP contribution in [0.1, 0.15) is 29.8 Å². The van der Waals surface area contributed by atoms with Gasteiger partial charge in [0.15, 0.2) is 5.69 Å². The average molecular weight is 335 g/mol. The minimum Gasteiger partial charge on any atom is -0.351 e. The van der Waals surface area contributed by atoms with Crippen LogP contribution in [0, 0.1) is 5.92 Å². The number of benzene rings is 1. The van der Waals surface area contributed by atoms with Crippen molar-refractivity contribution in [2.45, 2.75) is 19.3 Å². The number of rotatable bonds is 5. The third-order valence-corrected chi connectivity index (χ3v) is 4.08. The summed E-state index contributed by atoms with van der Waals surface area (Å²) in [7, 11) is 0. The molecule has 1 aliphatic heterocycles. The van der Waals surface area contributed by atoms with Gasteiger partial charge < -0.3 is 10.6 Å². The van der Waals surface area contributed by atoms with Crippen molar-refractivity contribution in [2.24, 2.45) is 5.92 Å². The molecule has 2 N–H and O–H groups in total. The van der Waals surface area contributed by atoms with Gasteiger partial charge in [-0.1, -0.05) is 18.2 Å². The standard InChI is InChI=1S/C17H22N4O.ClH/c22-17(19-11-8-14-5-4-10-18-13-14)16-9-12-21(20-16)15-6-2-1-3-7-15;/h1-3,6-7,9,12,14,18H,4-5,8,10-11,13H2,(H,19,22);1H. The lowest BCUT2D eigenvalue weighted by molar-refractivity contribution is 0.0945. The average Bonchev–Trinajstić information content (AvgIpc) is 3.07. The van der Waals surface area contributed by atoms with Crippen LogP contribution >= 0.6 is 12.4 Å². The van der Waals surface area contributed by atoms with Crippen molar-refractivity contribution in [1.29, 1.82) is 0 Å². The van der Waals surface area contributed by atoms with E-state index in [4.69, 9.17) is 0 Å². The number of carbonyl (C=O) groups is 1. The number of piperidine rings is 1. The summed E-state index contributed by atoms with van der Waals surface area (Å²) in [5.41, 5.74) is 1.42. The maximum Gasteiger partial charge on any atom is 0.271 e. The normalized spacial score (nSPS) is 17.3. The third-order valence-electron chi connectivity index (χ3n) is 4.08. The molecule has 23 heavy (non-hydrogen) atoms. The fraction of sp³-hybridized carbons (Fsp3) is 0.412. The van der Waals surface area contributed by atoms with Gasteiger partial charge in [0.2, 0.25) is 0 Å². The maximum atomic E-state index is 12.1. The highest BCUT2D eigenvalue weighted by atomic mass is 35.5. The lowest BCUT2D eigenvalue weighted by Crippen LogP contribution is -2.33. The van der Waals surface area contributed by atoms with E-state index in [1.165, 1.54) is 12.8 Å². The molecule has 2 heterocycles. The maximum absolute atomic E-state index is 12.1.